The van der Waals surface area contributed by atoms with Gasteiger partial charge in [0.2, 0.25) is 5.91 Å². The SMILES string of the molecule is CCN(CC)C(=O)CNc1c(C(=O)OCc2ccccc2)cnc2ccc(Cl)cc12. The maximum Gasteiger partial charge on any atom is 0.342 e. The van der Waals surface area contributed by atoms with Crippen LogP contribution < -0.4 is 5.32 Å². The van der Waals surface area contributed by atoms with Crippen molar-refractivity contribution in [2.75, 3.05) is 25.0 Å². The topological polar surface area (TPSA) is 71.5 Å². The fourth-order valence-electron chi connectivity index (χ4n) is 3.16. The molecule has 3 aromatic rings. The molecule has 0 atom stereocenters. The number of carbonyl (C=O) groups is 2. The molecule has 30 heavy (non-hydrogen) atoms. The summed E-state index contributed by atoms with van der Waals surface area (Å²) in [7, 11) is 0. The second kappa shape index (κ2) is 10.1. The van der Waals surface area contributed by atoms with Crippen LogP contribution in [0.3, 0.4) is 0 Å². The lowest BCUT2D eigenvalue weighted by Gasteiger charge is -2.20. The molecule has 0 saturated carbocycles. The van der Waals surface area contributed by atoms with E-state index in [1.54, 1.807) is 23.1 Å². The molecule has 0 aliphatic heterocycles. The molecule has 6 nitrogen and oxygen atoms in total. The number of fused-ring (bicyclic) bond motifs is 1. The first-order valence-electron chi connectivity index (χ1n) is 9.84. The van der Waals surface area contributed by atoms with Crippen LogP contribution in [-0.2, 0) is 16.1 Å². The molecule has 0 spiro atoms. The van der Waals surface area contributed by atoms with Gasteiger partial charge in [0.05, 0.1) is 17.7 Å². The van der Waals surface area contributed by atoms with Crippen LogP contribution in [0.15, 0.2) is 54.7 Å². The fourth-order valence-corrected chi connectivity index (χ4v) is 3.34. The van der Waals surface area contributed by atoms with Crippen LogP contribution >= 0.6 is 11.6 Å². The van der Waals surface area contributed by atoms with Gasteiger partial charge in [-0.15, -0.1) is 0 Å². The van der Waals surface area contributed by atoms with Crippen molar-refractivity contribution in [1.29, 1.82) is 0 Å². The molecule has 0 saturated heterocycles. The highest BCUT2D eigenvalue weighted by atomic mass is 35.5. The van der Waals surface area contributed by atoms with Gasteiger partial charge in [-0.25, -0.2) is 4.79 Å². The molecule has 1 amide bonds. The predicted octanol–water partition coefficient (Wildman–Crippen LogP) is 4.53. The number of carbonyl (C=O) groups excluding carboxylic acids is 2. The second-order valence-corrected chi connectivity index (χ2v) is 7.13. The number of esters is 1. The van der Waals surface area contributed by atoms with Gasteiger partial charge in [0.15, 0.2) is 0 Å². The normalized spacial score (nSPS) is 10.6. The molecular formula is C23H24ClN3O3. The summed E-state index contributed by atoms with van der Waals surface area (Å²) in [5.41, 5.74) is 2.29. The summed E-state index contributed by atoms with van der Waals surface area (Å²) in [4.78, 5) is 31.4. The molecule has 0 aliphatic rings. The predicted molar refractivity (Wildman–Crippen MR) is 119 cm³/mol. The fraction of sp³-hybridized carbons (Fsp3) is 0.261. The molecule has 0 aliphatic carbocycles. The zero-order valence-electron chi connectivity index (χ0n) is 17.0. The summed E-state index contributed by atoms with van der Waals surface area (Å²) in [6, 6.07) is 14.7. The lowest BCUT2D eigenvalue weighted by Crippen LogP contribution is -2.35. The van der Waals surface area contributed by atoms with E-state index in [4.69, 9.17) is 16.3 Å². The number of hydrogen-bond donors (Lipinski definition) is 1. The van der Waals surface area contributed by atoms with Crippen LogP contribution in [0.5, 0.6) is 0 Å². The number of benzene rings is 2. The summed E-state index contributed by atoms with van der Waals surface area (Å²) in [6.07, 6.45) is 1.47. The van der Waals surface area contributed by atoms with Crippen molar-refractivity contribution in [2.45, 2.75) is 20.5 Å². The molecule has 7 heteroatoms. The molecule has 3 rings (SSSR count). The van der Waals surface area contributed by atoms with Crippen molar-refractivity contribution in [3.63, 3.8) is 0 Å². The van der Waals surface area contributed by atoms with E-state index in [1.807, 2.05) is 44.2 Å². The van der Waals surface area contributed by atoms with Crippen molar-refractivity contribution in [2.24, 2.45) is 0 Å². The highest BCUT2D eigenvalue weighted by Crippen LogP contribution is 2.29. The standard InChI is InChI=1S/C23H24ClN3O3/c1-3-27(4-2)21(28)14-26-22-18-12-17(24)10-11-20(18)25-13-19(22)23(29)30-15-16-8-6-5-7-9-16/h5-13H,3-4,14-15H2,1-2H3,(H,25,26). The van der Waals surface area contributed by atoms with E-state index in [2.05, 4.69) is 10.3 Å². The zero-order valence-corrected chi connectivity index (χ0v) is 17.8. The smallest absolute Gasteiger partial charge is 0.342 e. The Bertz CT molecular complexity index is 1040. The van der Waals surface area contributed by atoms with E-state index < -0.39 is 5.97 Å². The first-order valence-corrected chi connectivity index (χ1v) is 10.2. The number of ether oxygens (including phenoxy) is 1. The number of nitrogens with zero attached hydrogens (tertiary/aromatic N) is 2. The first kappa shape index (κ1) is 21.6. The number of halogens is 1. The average Bonchev–Trinajstić information content (AvgIpc) is 2.77. The first-order chi connectivity index (χ1) is 14.5. The molecule has 1 N–H and O–H groups in total. The number of anilines is 1. The summed E-state index contributed by atoms with van der Waals surface area (Å²) in [5, 5.41) is 4.29. The Morgan fingerprint density at radius 2 is 1.83 bits per heavy atom. The van der Waals surface area contributed by atoms with Crippen molar-refractivity contribution in [3.8, 4) is 0 Å². The molecule has 0 fully saturated rings. The largest absolute Gasteiger partial charge is 0.457 e. The monoisotopic (exact) mass is 425 g/mol. The average molecular weight is 426 g/mol. The van der Waals surface area contributed by atoms with Crippen molar-refractivity contribution in [3.05, 3.63) is 70.9 Å². The number of likely N-dealkylation sites (N-methyl/N-ethyl adjacent to an activating group) is 1. The number of aromatic nitrogens is 1. The highest BCUT2D eigenvalue weighted by molar-refractivity contribution is 6.31. The Balaban J connectivity index is 1.89. The molecule has 1 heterocycles. The Hall–Kier alpha value is -3.12. The quantitative estimate of drug-likeness (QED) is 0.537. The van der Waals surface area contributed by atoms with Gasteiger partial charge in [-0.05, 0) is 37.6 Å². The molecule has 156 valence electrons. The van der Waals surface area contributed by atoms with Gasteiger partial charge in [0.1, 0.15) is 12.2 Å². The third kappa shape index (κ3) is 5.07. The third-order valence-electron chi connectivity index (χ3n) is 4.80. The maximum atomic E-state index is 12.8. The van der Waals surface area contributed by atoms with Crippen LogP contribution in [0.25, 0.3) is 10.9 Å². The van der Waals surface area contributed by atoms with Crippen molar-refractivity contribution < 1.29 is 14.3 Å². The minimum absolute atomic E-state index is 0.0479. The summed E-state index contributed by atoms with van der Waals surface area (Å²) < 4.78 is 5.48. The molecule has 0 bridgehead atoms. The van der Waals surface area contributed by atoms with Gasteiger partial charge in [0.25, 0.3) is 0 Å². The lowest BCUT2D eigenvalue weighted by molar-refractivity contribution is -0.128. The summed E-state index contributed by atoms with van der Waals surface area (Å²) >= 11 is 6.17. The Labute approximate surface area is 180 Å². The lowest BCUT2D eigenvalue weighted by atomic mass is 10.1. The number of amides is 1. The number of rotatable bonds is 8. The zero-order chi connectivity index (χ0) is 21.5. The molecule has 0 radical (unpaired) electrons. The third-order valence-corrected chi connectivity index (χ3v) is 5.03. The molecule has 1 aromatic heterocycles. The molecular weight excluding hydrogens is 402 g/mol. The van der Waals surface area contributed by atoms with E-state index in [-0.39, 0.29) is 24.6 Å². The van der Waals surface area contributed by atoms with Crippen molar-refractivity contribution >= 4 is 40.1 Å². The van der Waals surface area contributed by atoms with Gasteiger partial charge < -0.3 is 15.0 Å². The Kier molecular flexibility index (Phi) is 7.25. The number of pyridine rings is 1. The van der Waals surface area contributed by atoms with E-state index in [1.165, 1.54) is 6.20 Å². The van der Waals surface area contributed by atoms with Gasteiger partial charge >= 0.3 is 5.97 Å². The van der Waals surface area contributed by atoms with Gasteiger partial charge in [-0.1, -0.05) is 41.9 Å². The van der Waals surface area contributed by atoms with Crippen LogP contribution in [-0.4, -0.2) is 41.4 Å². The Morgan fingerprint density at radius 3 is 2.53 bits per heavy atom. The van der Waals surface area contributed by atoms with Gasteiger partial charge in [-0.3, -0.25) is 9.78 Å². The van der Waals surface area contributed by atoms with Crippen molar-refractivity contribution in [1.82, 2.24) is 9.88 Å². The molecule has 2 aromatic carbocycles. The second-order valence-electron chi connectivity index (χ2n) is 6.69. The van der Waals surface area contributed by atoms with E-state index >= 15 is 0 Å². The molecule has 0 unspecified atom stereocenters. The summed E-state index contributed by atoms with van der Waals surface area (Å²) in [6.45, 7) is 5.28. The van der Waals surface area contributed by atoms with Gasteiger partial charge in [0, 0.05) is 29.7 Å². The van der Waals surface area contributed by atoms with Crippen LogP contribution in [0.2, 0.25) is 5.02 Å². The van der Waals surface area contributed by atoms with Crippen LogP contribution in [0, 0.1) is 0 Å². The van der Waals surface area contributed by atoms with E-state index in [9.17, 15) is 9.59 Å². The maximum absolute atomic E-state index is 12.8. The summed E-state index contributed by atoms with van der Waals surface area (Å²) in [5.74, 6) is -0.582. The van der Waals surface area contributed by atoms with Gasteiger partial charge in [-0.2, -0.15) is 0 Å². The number of hydrogen-bond acceptors (Lipinski definition) is 5. The highest BCUT2D eigenvalue weighted by Gasteiger charge is 2.19. The van der Waals surface area contributed by atoms with Crippen LogP contribution in [0.4, 0.5) is 5.69 Å². The van der Waals surface area contributed by atoms with E-state index in [0.29, 0.717) is 34.7 Å². The van der Waals surface area contributed by atoms with E-state index in [0.717, 1.165) is 5.56 Å². The minimum atomic E-state index is -0.522. The number of nitrogens with one attached hydrogen (secondary N) is 1. The minimum Gasteiger partial charge on any atom is -0.457 e. The van der Waals surface area contributed by atoms with Crippen LogP contribution in [0.1, 0.15) is 29.8 Å². The Morgan fingerprint density at radius 1 is 1.10 bits per heavy atom.